The average Bonchev–Trinajstić information content (AvgIpc) is 2.32. The Labute approximate surface area is 107 Å². The molecule has 0 aromatic rings. The van der Waals surface area contributed by atoms with Gasteiger partial charge in [0.05, 0.1) is 18.2 Å². The van der Waals surface area contributed by atoms with Crippen LogP contribution in [-0.4, -0.2) is 52.9 Å². The lowest BCUT2D eigenvalue weighted by Crippen LogP contribution is -2.51. The van der Waals surface area contributed by atoms with Crippen molar-refractivity contribution in [2.45, 2.75) is 37.8 Å². The van der Waals surface area contributed by atoms with E-state index in [0.717, 1.165) is 18.6 Å². The fourth-order valence-electron chi connectivity index (χ4n) is 1.33. The number of nitrogens with two attached hydrogens (primary N) is 1. The third-order valence-corrected chi connectivity index (χ3v) is 4.03. The summed E-state index contributed by atoms with van der Waals surface area (Å²) in [5, 5.41) is 20.7. The van der Waals surface area contributed by atoms with Crippen LogP contribution in [0.25, 0.3) is 0 Å². The van der Waals surface area contributed by atoms with Crippen LogP contribution >= 0.6 is 11.8 Å². The minimum atomic E-state index is -0.631. The van der Waals surface area contributed by atoms with Gasteiger partial charge in [0, 0.05) is 5.75 Å². The zero-order chi connectivity index (χ0) is 13.3. The Morgan fingerprint density at radius 2 is 2.18 bits per heavy atom. The fraction of sp³-hybridized carbons (Fsp3) is 0.909. The van der Waals surface area contributed by atoms with Crippen LogP contribution in [0.2, 0.25) is 0 Å². The van der Waals surface area contributed by atoms with E-state index in [1.165, 1.54) is 0 Å². The molecular formula is C11H24N2O3S. The van der Waals surface area contributed by atoms with Gasteiger partial charge in [0.15, 0.2) is 0 Å². The number of carbonyl (C=O) groups is 1. The quantitative estimate of drug-likeness (QED) is 0.407. The zero-order valence-corrected chi connectivity index (χ0v) is 11.4. The first-order valence-corrected chi connectivity index (χ1v) is 6.97. The number of thioether (sulfide) groups is 1. The Morgan fingerprint density at radius 3 is 2.65 bits per heavy atom. The molecule has 17 heavy (non-hydrogen) atoms. The summed E-state index contributed by atoms with van der Waals surface area (Å²) in [5.74, 6) is 1.13. The molecule has 5 nitrogen and oxygen atoms in total. The van der Waals surface area contributed by atoms with Gasteiger partial charge in [-0.15, -0.1) is 0 Å². The number of carbonyl (C=O) groups excluding carboxylic acids is 1. The van der Waals surface area contributed by atoms with E-state index in [4.69, 9.17) is 15.9 Å². The molecule has 0 aromatic carbocycles. The molecule has 0 radical (unpaired) electrons. The SMILES string of the molecule is CNC(C)(CCCCSCC(O)CO)C(N)=O. The van der Waals surface area contributed by atoms with Crippen molar-refractivity contribution in [3.05, 3.63) is 0 Å². The first-order valence-electron chi connectivity index (χ1n) is 5.81. The van der Waals surface area contributed by atoms with Crippen LogP contribution < -0.4 is 11.1 Å². The Morgan fingerprint density at radius 1 is 1.53 bits per heavy atom. The predicted molar refractivity (Wildman–Crippen MR) is 70.9 cm³/mol. The zero-order valence-electron chi connectivity index (χ0n) is 10.6. The topological polar surface area (TPSA) is 95.6 Å². The lowest BCUT2D eigenvalue weighted by molar-refractivity contribution is -0.123. The molecule has 0 aliphatic rings. The Bertz CT molecular complexity index is 229. The van der Waals surface area contributed by atoms with Gasteiger partial charge in [0.25, 0.3) is 0 Å². The predicted octanol–water partition coefficient (Wildman–Crippen LogP) is -0.293. The highest BCUT2D eigenvalue weighted by molar-refractivity contribution is 7.99. The first-order chi connectivity index (χ1) is 7.96. The largest absolute Gasteiger partial charge is 0.394 e. The van der Waals surface area contributed by atoms with Crippen molar-refractivity contribution in [3.63, 3.8) is 0 Å². The molecule has 0 bridgehead atoms. The maximum Gasteiger partial charge on any atom is 0.237 e. The molecule has 2 unspecified atom stereocenters. The van der Waals surface area contributed by atoms with Crippen LogP contribution in [0.1, 0.15) is 26.2 Å². The molecule has 0 rings (SSSR count). The second-order valence-corrected chi connectivity index (χ2v) is 5.46. The number of aliphatic hydroxyl groups is 2. The molecule has 2 atom stereocenters. The summed E-state index contributed by atoms with van der Waals surface area (Å²) in [4.78, 5) is 11.2. The normalized spacial score (nSPS) is 16.5. The van der Waals surface area contributed by atoms with Gasteiger partial charge >= 0.3 is 0 Å². The van der Waals surface area contributed by atoms with E-state index in [9.17, 15) is 4.79 Å². The number of hydrogen-bond acceptors (Lipinski definition) is 5. The third-order valence-electron chi connectivity index (χ3n) is 2.83. The smallest absolute Gasteiger partial charge is 0.237 e. The number of primary amides is 1. The lowest BCUT2D eigenvalue weighted by Gasteiger charge is -2.25. The van der Waals surface area contributed by atoms with E-state index in [1.807, 2.05) is 0 Å². The Hall–Kier alpha value is -0.300. The monoisotopic (exact) mass is 264 g/mol. The molecule has 0 spiro atoms. The number of rotatable bonds is 10. The van der Waals surface area contributed by atoms with Crippen LogP contribution in [0.15, 0.2) is 0 Å². The fourth-order valence-corrected chi connectivity index (χ4v) is 2.28. The van der Waals surface area contributed by atoms with Crippen LogP contribution in [-0.2, 0) is 4.79 Å². The number of likely N-dealkylation sites (N-methyl/N-ethyl adjacent to an activating group) is 1. The summed E-state index contributed by atoms with van der Waals surface area (Å²) >= 11 is 1.61. The van der Waals surface area contributed by atoms with Crippen LogP contribution in [0, 0.1) is 0 Å². The number of nitrogens with one attached hydrogen (secondary N) is 1. The van der Waals surface area contributed by atoms with Crippen molar-refractivity contribution < 1.29 is 15.0 Å². The molecule has 5 N–H and O–H groups in total. The summed E-state index contributed by atoms with van der Waals surface area (Å²) in [6.45, 7) is 1.62. The summed E-state index contributed by atoms with van der Waals surface area (Å²) < 4.78 is 0. The van der Waals surface area contributed by atoms with E-state index in [2.05, 4.69) is 5.32 Å². The summed E-state index contributed by atoms with van der Waals surface area (Å²) in [5.41, 5.74) is 4.68. The molecule has 6 heteroatoms. The number of aliphatic hydroxyl groups excluding tert-OH is 2. The number of amides is 1. The number of unbranched alkanes of at least 4 members (excludes halogenated alkanes) is 1. The van der Waals surface area contributed by atoms with Crippen LogP contribution in [0.3, 0.4) is 0 Å². The summed E-state index contributed by atoms with van der Waals surface area (Å²) in [6.07, 6.45) is 1.95. The van der Waals surface area contributed by atoms with E-state index >= 15 is 0 Å². The van der Waals surface area contributed by atoms with Crippen molar-refractivity contribution in [2.24, 2.45) is 5.73 Å². The average molecular weight is 264 g/mol. The van der Waals surface area contributed by atoms with Crippen molar-refractivity contribution in [1.82, 2.24) is 5.32 Å². The second kappa shape index (κ2) is 8.74. The minimum absolute atomic E-state index is 0.188. The molecule has 102 valence electrons. The van der Waals surface area contributed by atoms with Gasteiger partial charge in [-0.25, -0.2) is 0 Å². The van der Waals surface area contributed by atoms with Gasteiger partial charge in [-0.2, -0.15) is 11.8 Å². The van der Waals surface area contributed by atoms with Gasteiger partial charge in [-0.1, -0.05) is 6.42 Å². The van der Waals surface area contributed by atoms with E-state index in [0.29, 0.717) is 12.2 Å². The van der Waals surface area contributed by atoms with Gasteiger partial charge in [-0.05, 0) is 32.6 Å². The van der Waals surface area contributed by atoms with Crippen molar-refractivity contribution in [3.8, 4) is 0 Å². The molecule has 0 aromatic heterocycles. The van der Waals surface area contributed by atoms with Gasteiger partial charge in [0.1, 0.15) is 0 Å². The number of hydrogen-bond donors (Lipinski definition) is 4. The van der Waals surface area contributed by atoms with Crippen molar-refractivity contribution in [1.29, 1.82) is 0 Å². The van der Waals surface area contributed by atoms with Gasteiger partial charge in [-0.3, -0.25) is 4.79 Å². The van der Waals surface area contributed by atoms with Crippen molar-refractivity contribution >= 4 is 17.7 Å². The molecule has 0 saturated carbocycles. The highest BCUT2D eigenvalue weighted by Crippen LogP contribution is 2.15. The van der Waals surface area contributed by atoms with Gasteiger partial charge < -0.3 is 21.3 Å². The second-order valence-electron chi connectivity index (χ2n) is 4.31. The maximum absolute atomic E-state index is 11.2. The highest BCUT2D eigenvalue weighted by atomic mass is 32.2. The molecular weight excluding hydrogens is 240 g/mol. The first kappa shape index (κ1) is 16.7. The molecule has 0 aliphatic heterocycles. The molecule has 0 heterocycles. The van der Waals surface area contributed by atoms with Crippen molar-refractivity contribution in [2.75, 3.05) is 25.2 Å². The van der Waals surface area contributed by atoms with E-state index < -0.39 is 11.6 Å². The Kier molecular flexibility index (Phi) is 8.59. The highest BCUT2D eigenvalue weighted by Gasteiger charge is 2.27. The molecule has 0 aliphatic carbocycles. The lowest BCUT2D eigenvalue weighted by atomic mass is 9.94. The minimum Gasteiger partial charge on any atom is -0.394 e. The molecule has 0 saturated heterocycles. The van der Waals surface area contributed by atoms with Gasteiger partial charge in [0.2, 0.25) is 5.91 Å². The third kappa shape index (κ3) is 6.88. The molecule has 1 amide bonds. The maximum atomic E-state index is 11.2. The van der Waals surface area contributed by atoms with E-state index in [1.54, 1.807) is 25.7 Å². The Balaban J connectivity index is 3.60. The standard InChI is InChI=1S/C11H24N2O3S/c1-11(13-2,10(12)16)5-3-4-6-17-8-9(15)7-14/h9,13-15H,3-8H2,1-2H3,(H2,12,16). The van der Waals surface area contributed by atoms with Crippen LogP contribution in [0.4, 0.5) is 0 Å². The molecule has 0 fully saturated rings. The summed E-state index contributed by atoms with van der Waals surface area (Å²) in [7, 11) is 1.73. The van der Waals surface area contributed by atoms with E-state index in [-0.39, 0.29) is 12.5 Å². The van der Waals surface area contributed by atoms with Crippen LogP contribution in [0.5, 0.6) is 0 Å². The summed E-state index contributed by atoms with van der Waals surface area (Å²) in [6, 6.07) is 0.